The van der Waals surface area contributed by atoms with E-state index in [9.17, 15) is 0 Å². The molecule has 0 N–H and O–H groups in total. The Kier molecular flexibility index (Phi) is 3.03. The number of aromatic nitrogens is 1. The van der Waals surface area contributed by atoms with Crippen molar-refractivity contribution in [1.29, 1.82) is 0 Å². The lowest BCUT2D eigenvalue weighted by Gasteiger charge is -2.10. The lowest BCUT2D eigenvalue weighted by molar-refractivity contribution is 1.20. The summed E-state index contributed by atoms with van der Waals surface area (Å²) in [6, 6.07) is 30.8. The van der Waals surface area contributed by atoms with Gasteiger partial charge in [-0.1, -0.05) is 54.6 Å². The third-order valence-corrected chi connectivity index (χ3v) is 6.65. The van der Waals surface area contributed by atoms with Gasteiger partial charge in [-0.25, -0.2) is 0 Å². The summed E-state index contributed by atoms with van der Waals surface area (Å²) in [6.45, 7) is 2.22. The van der Waals surface area contributed by atoms with E-state index in [1.165, 1.54) is 53.2 Å². The van der Waals surface area contributed by atoms with Gasteiger partial charge in [0.15, 0.2) is 0 Å². The monoisotopic (exact) mass is 363 g/mol. The van der Waals surface area contributed by atoms with Gasteiger partial charge in [0.2, 0.25) is 0 Å². The van der Waals surface area contributed by atoms with Crippen LogP contribution in [0.3, 0.4) is 0 Å². The number of thiophene rings is 1. The third-order valence-electron chi connectivity index (χ3n) is 5.53. The second kappa shape index (κ2) is 5.45. The van der Waals surface area contributed by atoms with Gasteiger partial charge in [-0.3, -0.25) is 0 Å². The molecule has 2 heterocycles. The van der Waals surface area contributed by atoms with E-state index in [2.05, 4.69) is 96.4 Å². The molecule has 4 aromatic carbocycles. The van der Waals surface area contributed by atoms with Gasteiger partial charge in [-0.05, 0) is 42.8 Å². The van der Waals surface area contributed by atoms with Crippen molar-refractivity contribution in [2.45, 2.75) is 6.92 Å². The van der Waals surface area contributed by atoms with Crippen molar-refractivity contribution >= 4 is 53.3 Å². The van der Waals surface area contributed by atoms with Gasteiger partial charge in [-0.15, -0.1) is 11.3 Å². The highest BCUT2D eigenvalue weighted by atomic mass is 32.1. The summed E-state index contributed by atoms with van der Waals surface area (Å²) in [5.41, 5.74) is 5.13. The molecule has 27 heavy (non-hydrogen) atoms. The van der Waals surface area contributed by atoms with Crippen LogP contribution in [-0.4, -0.2) is 4.57 Å². The summed E-state index contributed by atoms with van der Waals surface area (Å²) in [5, 5.41) is 5.36. The standard InChI is InChI=1S/C25H17NS/c1-16-8-6-14-22-24(16)25-21(13-7-15-23(25)27-22)26-19-11-4-2-9-17(19)18-10-3-5-12-20(18)26/h2-15H,1H3. The molecule has 0 saturated heterocycles. The van der Waals surface area contributed by atoms with E-state index >= 15 is 0 Å². The van der Waals surface area contributed by atoms with Crippen LogP contribution >= 0.6 is 11.3 Å². The first kappa shape index (κ1) is 15.0. The minimum Gasteiger partial charge on any atom is -0.309 e. The molecule has 0 fully saturated rings. The van der Waals surface area contributed by atoms with Crippen molar-refractivity contribution < 1.29 is 0 Å². The van der Waals surface area contributed by atoms with E-state index in [4.69, 9.17) is 0 Å². The Bertz CT molecular complexity index is 1430. The fourth-order valence-electron chi connectivity index (χ4n) is 4.39. The van der Waals surface area contributed by atoms with Crippen LogP contribution in [0.5, 0.6) is 0 Å². The van der Waals surface area contributed by atoms with Crippen molar-refractivity contribution in [3.8, 4) is 5.69 Å². The SMILES string of the molecule is Cc1cccc2sc3cccc(-n4c5ccccc5c5ccccc54)c3c12. The second-order valence-corrected chi connectivity index (χ2v) is 8.15. The summed E-state index contributed by atoms with van der Waals surface area (Å²) >= 11 is 1.88. The van der Waals surface area contributed by atoms with Crippen LogP contribution < -0.4 is 0 Å². The molecule has 0 saturated carbocycles. The molecule has 0 aliphatic carbocycles. The predicted molar refractivity (Wildman–Crippen MR) is 118 cm³/mol. The first-order valence-corrected chi connectivity index (χ1v) is 10.0. The Balaban J connectivity index is 1.88. The minimum atomic E-state index is 1.26. The molecule has 0 atom stereocenters. The molecular weight excluding hydrogens is 346 g/mol. The van der Waals surface area contributed by atoms with Crippen LogP contribution in [0.15, 0.2) is 84.9 Å². The van der Waals surface area contributed by atoms with E-state index in [0.717, 1.165) is 0 Å². The van der Waals surface area contributed by atoms with Gasteiger partial charge < -0.3 is 4.57 Å². The number of rotatable bonds is 1. The maximum atomic E-state index is 2.44. The first-order chi connectivity index (χ1) is 13.3. The average molecular weight is 363 g/mol. The second-order valence-electron chi connectivity index (χ2n) is 7.07. The van der Waals surface area contributed by atoms with Crippen LogP contribution in [-0.2, 0) is 0 Å². The molecule has 2 heteroatoms. The molecule has 1 nitrogen and oxygen atoms in total. The Labute approximate surface area is 161 Å². The molecule has 0 radical (unpaired) electrons. The summed E-state index contributed by atoms with van der Waals surface area (Å²) in [6.07, 6.45) is 0. The summed E-state index contributed by atoms with van der Waals surface area (Å²) in [7, 11) is 0. The van der Waals surface area contributed by atoms with Crippen LogP contribution in [0.25, 0.3) is 47.7 Å². The molecule has 2 aromatic heterocycles. The molecule has 0 amide bonds. The molecule has 0 spiro atoms. The van der Waals surface area contributed by atoms with E-state index in [1.807, 2.05) is 11.3 Å². The Hall–Kier alpha value is -3.10. The Morgan fingerprint density at radius 2 is 1.19 bits per heavy atom. The zero-order valence-corrected chi connectivity index (χ0v) is 15.8. The number of hydrogen-bond acceptors (Lipinski definition) is 1. The van der Waals surface area contributed by atoms with Crippen molar-refractivity contribution in [3.63, 3.8) is 0 Å². The quantitative estimate of drug-likeness (QED) is 0.286. The minimum absolute atomic E-state index is 1.26. The summed E-state index contributed by atoms with van der Waals surface area (Å²) in [4.78, 5) is 0. The molecule has 0 bridgehead atoms. The average Bonchev–Trinajstić information content (AvgIpc) is 3.24. The predicted octanol–water partition coefficient (Wildman–Crippen LogP) is 7.46. The number of aryl methyl sites for hydroxylation is 1. The van der Waals surface area contributed by atoms with Gasteiger partial charge in [0.1, 0.15) is 0 Å². The lowest BCUT2D eigenvalue weighted by atomic mass is 10.1. The smallest absolute Gasteiger partial charge is 0.0555 e. The van der Waals surface area contributed by atoms with Crippen molar-refractivity contribution in [1.82, 2.24) is 4.57 Å². The topological polar surface area (TPSA) is 4.93 Å². The van der Waals surface area contributed by atoms with Gasteiger partial charge in [0.05, 0.1) is 16.7 Å². The van der Waals surface area contributed by atoms with Gasteiger partial charge >= 0.3 is 0 Å². The molecule has 0 aliphatic rings. The zero-order chi connectivity index (χ0) is 18.0. The lowest BCUT2D eigenvalue weighted by Crippen LogP contribution is -1.94. The third kappa shape index (κ3) is 1.99. The van der Waals surface area contributed by atoms with E-state index in [0.29, 0.717) is 0 Å². The van der Waals surface area contributed by atoms with Crippen LogP contribution in [0.2, 0.25) is 0 Å². The van der Waals surface area contributed by atoms with Crippen LogP contribution in [0.4, 0.5) is 0 Å². The van der Waals surface area contributed by atoms with Crippen molar-refractivity contribution in [2.24, 2.45) is 0 Å². The largest absolute Gasteiger partial charge is 0.309 e. The van der Waals surface area contributed by atoms with Crippen molar-refractivity contribution in [2.75, 3.05) is 0 Å². The maximum Gasteiger partial charge on any atom is 0.0555 e. The number of para-hydroxylation sites is 2. The van der Waals surface area contributed by atoms with Crippen LogP contribution in [0, 0.1) is 6.92 Å². The number of fused-ring (bicyclic) bond motifs is 6. The fourth-order valence-corrected chi connectivity index (χ4v) is 5.59. The molecular formula is C25H17NS. The molecule has 128 valence electrons. The number of nitrogens with zero attached hydrogens (tertiary/aromatic N) is 1. The highest BCUT2D eigenvalue weighted by Gasteiger charge is 2.16. The Morgan fingerprint density at radius 1 is 0.593 bits per heavy atom. The van der Waals surface area contributed by atoms with Gasteiger partial charge in [0.25, 0.3) is 0 Å². The van der Waals surface area contributed by atoms with Gasteiger partial charge in [0, 0.05) is 30.9 Å². The van der Waals surface area contributed by atoms with Gasteiger partial charge in [-0.2, -0.15) is 0 Å². The number of benzene rings is 4. The number of hydrogen-bond donors (Lipinski definition) is 0. The van der Waals surface area contributed by atoms with E-state index in [1.54, 1.807) is 0 Å². The maximum absolute atomic E-state index is 2.44. The first-order valence-electron chi connectivity index (χ1n) is 9.22. The van der Waals surface area contributed by atoms with Crippen LogP contribution in [0.1, 0.15) is 5.56 Å². The molecule has 0 aliphatic heterocycles. The summed E-state index contributed by atoms with van der Waals surface area (Å²) < 4.78 is 5.14. The summed E-state index contributed by atoms with van der Waals surface area (Å²) in [5.74, 6) is 0. The highest BCUT2D eigenvalue weighted by Crippen LogP contribution is 2.41. The molecule has 6 rings (SSSR count). The van der Waals surface area contributed by atoms with E-state index in [-0.39, 0.29) is 0 Å². The molecule has 6 aromatic rings. The zero-order valence-electron chi connectivity index (χ0n) is 14.9. The van der Waals surface area contributed by atoms with Crippen molar-refractivity contribution in [3.05, 3.63) is 90.5 Å². The normalized spacial score (nSPS) is 11.9. The fraction of sp³-hybridized carbons (Fsp3) is 0.0400. The highest BCUT2D eigenvalue weighted by molar-refractivity contribution is 7.26. The molecule has 0 unspecified atom stereocenters. The Morgan fingerprint density at radius 3 is 1.89 bits per heavy atom. The van der Waals surface area contributed by atoms with E-state index < -0.39 is 0 Å².